The van der Waals surface area contributed by atoms with E-state index in [0.717, 1.165) is 16.8 Å². The fraction of sp³-hybridized carbons (Fsp3) is 0.278. The highest BCUT2D eigenvalue weighted by molar-refractivity contribution is 6.06. The molecule has 0 aliphatic rings. The van der Waals surface area contributed by atoms with Gasteiger partial charge in [0.25, 0.3) is 5.91 Å². The summed E-state index contributed by atoms with van der Waals surface area (Å²) in [6.07, 6.45) is 1.64. The van der Waals surface area contributed by atoms with E-state index in [9.17, 15) is 19.8 Å². The Kier molecular flexibility index (Phi) is 8.14. The van der Waals surface area contributed by atoms with Crippen molar-refractivity contribution >= 4 is 22.9 Å². The fourth-order valence-electron chi connectivity index (χ4n) is 5.33. The molecular formula is C36H37N3O5. The van der Waals surface area contributed by atoms with E-state index >= 15 is 0 Å². The average Bonchev–Trinajstić information content (AvgIpc) is 3.47. The van der Waals surface area contributed by atoms with Crippen LogP contribution in [0.25, 0.3) is 22.2 Å². The highest BCUT2D eigenvalue weighted by atomic mass is 16.4. The number of carboxylic acids is 1. The number of carbonyl (C=O) groups is 2. The maximum atomic E-state index is 14.6. The van der Waals surface area contributed by atoms with Crippen LogP contribution >= 0.6 is 0 Å². The van der Waals surface area contributed by atoms with Gasteiger partial charge in [-0.25, -0.2) is 0 Å². The molecular weight excluding hydrogens is 554 g/mol. The Morgan fingerprint density at radius 2 is 1.61 bits per heavy atom. The van der Waals surface area contributed by atoms with Gasteiger partial charge in [-0.15, -0.1) is 0 Å². The van der Waals surface area contributed by atoms with Gasteiger partial charge in [0, 0.05) is 18.4 Å². The number of fused-ring (bicyclic) bond motifs is 1. The van der Waals surface area contributed by atoms with Crippen LogP contribution in [0.3, 0.4) is 0 Å². The summed E-state index contributed by atoms with van der Waals surface area (Å²) in [5, 5.41) is 20.8. The molecule has 1 amide bonds. The second kappa shape index (κ2) is 11.7. The van der Waals surface area contributed by atoms with E-state index in [0.29, 0.717) is 44.8 Å². The normalized spacial score (nSPS) is 12.0. The summed E-state index contributed by atoms with van der Waals surface area (Å²) < 4.78 is 5.99. The third-order valence-corrected chi connectivity index (χ3v) is 8.13. The van der Waals surface area contributed by atoms with Gasteiger partial charge in [-0.1, -0.05) is 42.5 Å². The molecule has 0 spiro atoms. The van der Waals surface area contributed by atoms with E-state index in [4.69, 9.17) is 4.42 Å². The number of amides is 1. The van der Waals surface area contributed by atoms with Gasteiger partial charge in [-0.05, 0) is 99.7 Å². The van der Waals surface area contributed by atoms with E-state index in [-0.39, 0.29) is 19.0 Å². The number of carboxylic acid groups (broad SMARTS) is 1. The SMILES string of the molecule is Cc1nc2cccnc2c(C(=O)N(Cc2ccc(C(C)(C)O)o2)Cc2ccc(-c3ccccc3)cc2C(C)(C)C(=O)O)c1C. The van der Waals surface area contributed by atoms with Crippen molar-refractivity contribution in [1.82, 2.24) is 14.9 Å². The second-order valence-corrected chi connectivity index (χ2v) is 12.2. The Morgan fingerprint density at radius 1 is 0.886 bits per heavy atom. The third-order valence-electron chi connectivity index (χ3n) is 8.13. The molecule has 0 radical (unpaired) electrons. The molecule has 5 rings (SSSR count). The number of nitrogens with zero attached hydrogens (tertiary/aromatic N) is 3. The summed E-state index contributed by atoms with van der Waals surface area (Å²) in [7, 11) is 0. The van der Waals surface area contributed by atoms with E-state index < -0.39 is 17.0 Å². The monoisotopic (exact) mass is 591 g/mol. The number of aliphatic hydroxyl groups is 1. The van der Waals surface area contributed by atoms with Crippen molar-refractivity contribution in [2.75, 3.05) is 0 Å². The van der Waals surface area contributed by atoms with Crippen LogP contribution in [0.4, 0.5) is 0 Å². The lowest BCUT2D eigenvalue weighted by atomic mass is 9.80. The number of aryl methyl sites for hydroxylation is 1. The van der Waals surface area contributed by atoms with E-state index in [1.165, 1.54) is 0 Å². The third kappa shape index (κ3) is 5.98. The molecule has 0 atom stereocenters. The summed E-state index contributed by atoms with van der Waals surface area (Å²) >= 11 is 0. The molecule has 226 valence electrons. The van der Waals surface area contributed by atoms with E-state index in [2.05, 4.69) is 9.97 Å². The quantitative estimate of drug-likeness (QED) is 0.191. The van der Waals surface area contributed by atoms with Crippen molar-refractivity contribution in [2.24, 2.45) is 0 Å². The maximum absolute atomic E-state index is 14.6. The first-order chi connectivity index (χ1) is 20.8. The minimum absolute atomic E-state index is 0.0808. The zero-order valence-electron chi connectivity index (χ0n) is 25.9. The van der Waals surface area contributed by atoms with Crippen LogP contribution in [0.5, 0.6) is 0 Å². The summed E-state index contributed by atoms with van der Waals surface area (Å²) in [4.78, 5) is 37.9. The Morgan fingerprint density at radius 3 is 2.27 bits per heavy atom. The molecule has 0 fully saturated rings. The van der Waals surface area contributed by atoms with Gasteiger partial charge in [-0.3, -0.25) is 19.6 Å². The van der Waals surface area contributed by atoms with Crippen molar-refractivity contribution in [3.63, 3.8) is 0 Å². The zero-order chi connectivity index (χ0) is 31.8. The number of aromatic nitrogens is 2. The number of carbonyl (C=O) groups excluding carboxylic acids is 1. The Hall–Kier alpha value is -4.82. The maximum Gasteiger partial charge on any atom is 0.313 e. The van der Waals surface area contributed by atoms with Crippen molar-refractivity contribution in [3.8, 4) is 11.1 Å². The number of pyridine rings is 2. The van der Waals surface area contributed by atoms with Gasteiger partial charge < -0.3 is 19.5 Å². The van der Waals surface area contributed by atoms with Gasteiger partial charge in [0.2, 0.25) is 0 Å². The molecule has 2 N–H and O–H groups in total. The molecule has 8 heteroatoms. The molecule has 0 aliphatic heterocycles. The lowest BCUT2D eigenvalue weighted by Gasteiger charge is -2.29. The van der Waals surface area contributed by atoms with Gasteiger partial charge >= 0.3 is 5.97 Å². The summed E-state index contributed by atoms with van der Waals surface area (Å²) in [5.74, 6) is -0.401. The number of benzene rings is 2. The predicted octanol–water partition coefficient (Wildman–Crippen LogP) is 6.94. The summed E-state index contributed by atoms with van der Waals surface area (Å²) in [6.45, 7) is 10.5. The van der Waals surface area contributed by atoms with Crippen molar-refractivity contribution in [1.29, 1.82) is 0 Å². The number of furan rings is 1. The first-order valence-corrected chi connectivity index (χ1v) is 14.5. The Labute approximate surface area is 257 Å². The summed E-state index contributed by atoms with van der Waals surface area (Å²) in [6, 6.07) is 22.6. The number of hydrogen-bond donors (Lipinski definition) is 2. The standard InChI is InChI=1S/C36H37N3O5/c1-22-23(2)38-29-13-10-18-37-32(29)31(22)33(40)39(21-27-16-17-30(44-27)36(5,6)43)20-26-15-14-25(24-11-8-7-9-12-24)19-28(26)35(3,4)34(41)42/h7-19,43H,20-21H2,1-6H3,(H,41,42). The van der Waals surface area contributed by atoms with Crippen molar-refractivity contribution in [3.05, 3.63) is 118 Å². The van der Waals surface area contributed by atoms with Crippen LogP contribution in [-0.4, -0.2) is 37.0 Å². The van der Waals surface area contributed by atoms with E-state index in [1.807, 2.05) is 68.4 Å². The van der Waals surface area contributed by atoms with Crippen LogP contribution in [0.1, 0.15) is 72.0 Å². The highest BCUT2D eigenvalue weighted by Crippen LogP contribution is 2.34. The first kappa shape index (κ1) is 30.6. The van der Waals surface area contributed by atoms with Gasteiger partial charge in [0.1, 0.15) is 22.6 Å². The summed E-state index contributed by atoms with van der Waals surface area (Å²) in [5.41, 5.74) is 3.67. The van der Waals surface area contributed by atoms with Crippen LogP contribution in [0.15, 0.2) is 83.4 Å². The lowest BCUT2D eigenvalue weighted by Crippen LogP contribution is -2.34. The van der Waals surface area contributed by atoms with Crippen molar-refractivity contribution in [2.45, 2.75) is 65.6 Å². The van der Waals surface area contributed by atoms with Crippen LogP contribution in [-0.2, 0) is 28.9 Å². The lowest BCUT2D eigenvalue weighted by molar-refractivity contribution is -0.142. The van der Waals surface area contributed by atoms with Gasteiger partial charge in [0.05, 0.1) is 23.0 Å². The molecule has 3 heterocycles. The van der Waals surface area contributed by atoms with Crippen LogP contribution < -0.4 is 0 Å². The molecule has 5 aromatic rings. The average molecular weight is 592 g/mol. The highest BCUT2D eigenvalue weighted by Gasteiger charge is 2.34. The number of hydrogen-bond acceptors (Lipinski definition) is 6. The second-order valence-electron chi connectivity index (χ2n) is 12.2. The molecule has 0 unspecified atom stereocenters. The minimum Gasteiger partial charge on any atom is -0.481 e. The van der Waals surface area contributed by atoms with Crippen molar-refractivity contribution < 1.29 is 24.2 Å². The molecule has 0 saturated carbocycles. The fourth-order valence-corrected chi connectivity index (χ4v) is 5.33. The number of aliphatic carboxylic acids is 1. The molecule has 2 aromatic carbocycles. The number of rotatable bonds is 9. The molecule has 0 aliphatic carbocycles. The Bertz CT molecular complexity index is 1850. The van der Waals surface area contributed by atoms with Gasteiger partial charge in [0.15, 0.2) is 0 Å². The zero-order valence-corrected chi connectivity index (χ0v) is 25.9. The molecule has 44 heavy (non-hydrogen) atoms. The Balaban J connectivity index is 1.65. The first-order valence-electron chi connectivity index (χ1n) is 14.5. The largest absolute Gasteiger partial charge is 0.481 e. The topological polar surface area (TPSA) is 117 Å². The smallest absolute Gasteiger partial charge is 0.313 e. The predicted molar refractivity (Wildman–Crippen MR) is 169 cm³/mol. The molecule has 8 nitrogen and oxygen atoms in total. The molecule has 0 saturated heterocycles. The minimum atomic E-state index is -1.25. The molecule has 0 bridgehead atoms. The van der Waals surface area contributed by atoms with Gasteiger partial charge in [-0.2, -0.15) is 0 Å². The molecule has 3 aromatic heterocycles. The van der Waals surface area contributed by atoms with E-state index in [1.54, 1.807) is 57.0 Å². The van der Waals surface area contributed by atoms with Crippen LogP contribution in [0.2, 0.25) is 0 Å². The van der Waals surface area contributed by atoms with Crippen LogP contribution in [0, 0.1) is 13.8 Å².